The first-order valence-electron chi connectivity index (χ1n) is 10.5. The molecule has 5 heteroatoms. The maximum Gasteiger partial charge on any atom is 0.319 e. The van der Waals surface area contributed by atoms with Gasteiger partial charge in [-0.05, 0) is 24.8 Å². The molecule has 1 aliphatic carbocycles. The van der Waals surface area contributed by atoms with Gasteiger partial charge in [-0.1, -0.05) is 69.4 Å². The van der Waals surface area contributed by atoms with Gasteiger partial charge in [0.05, 0.1) is 5.69 Å². The quantitative estimate of drug-likeness (QED) is 0.651. The zero-order chi connectivity index (χ0) is 19.8. The Labute approximate surface area is 167 Å². The number of amides is 2. The number of carbonyl (C=O) groups excluding carboxylic acids is 1. The van der Waals surface area contributed by atoms with Gasteiger partial charge in [0.1, 0.15) is 5.69 Å². The number of aryl methyl sites for hydroxylation is 1. The molecule has 3 rings (SSSR count). The minimum Gasteiger partial charge on any atom is -0.345 e. The summed E-state index contributed by atoms with van der Waals surface area (Å²) < 4.78 is 2.09. The Morgan fingerprint density at radius 2 is 1.86 bits per heavy atom. The Kier molecular flexibility index (Phi) is 7.29. The summed E-state index contributed by atoms with van der Waals surface area (Å²) in [5.41, 5.74) is 2.07. The van der Waals surface area contributed by atoms with Crippen LogP contribution in [0.25, 0.3) is 11.3 Å². The lowest BCUT2D eigenvalue weighted by molar-refractivity contribution is 0.244. The van der Waals surface area contributed by atoms with Gasteiger partial charge in [-0.15, -0.1) is 0 Å². The van der Waals surface area contributed by atoms with Crippen molar-refractivity contribution in [2.45, 2.75) is 70.9 Å². The molecule has 0 radical (unpaired) electrons. The van der Waals surface area contributed by atoms with E-state index in [0.29, 0.717) is 5.69 Å². The number of anilines is 1. The predicted octanol–water partition coefficient (Wildman–Crippen LogP) is 5.16. The Bertz CT molecular complexity index is 823. The summed E-state index contributed by atoms with van der Waals surface area (Å²) in [7, 11) is 0. The summed E-state index contributed by atoms with van der Waals surface area (Å²) in [6, 6.07) is 11.5. The van der Waals surface area contributed by atoms with Crippen LogP contribution in [-0.2, 0) is 6.54 Å². The largest absolute Gasteiger partial charge is 0.345 e. The minimum absolute atomic E-state index is 0.163. The molecule has 150 valence electrons. The standard InChI is InChI=1S/C23H31N3O2/c1-2-3-10-15-26-17-20(25-23(28)24-19-13-8-5-9-14-19)22(27)16-21(26)18-11-6-4-7-12-18/h4,6-7,11-12,16-17,19H,2-3,5,8-10,13-15H2,1H3,(H2,24,25,28). The highest BCUT2D eigenvalue weighted by Crippen LogP contribution is 2.21. The van der Waals surface area contributed by atoms with Crippen molar-refractivity contribution in [1.29, 1.82) is 0 Å². The molecule has 0 atom stereocenters. The van der Waals surface area contributed by atoms with E-state index >= 15 is 0 Å². The first-order valence-corrected chi connectivity index (χ1v) is 10.5. The molecule has 0 spiro atoms. The first kappa shape index (κ1) is 20.2. The lowest BCUT2D eigenvalue weighted by Gasteiger charge is -2.23. The molecular formula is C23H31N3O2. The summed E-state index contributed by atoms with van der Waals surface area (Å²) in [5.74, 6) is 0. The van der Waals surface area contributed by atoms with E-state index in [4.69, 9.17) is 0 Å². The van der Waals surface area contributed by atoms with Crippen LogP contribution < -0.4 is 16.1 Å². The first-order chi connectivity index (χ1) is 13.7. The normalized spacial score (nSPS) is 14.6. The molecule has 1 aliphatic rings. The van der Waals surface area contributed by atoms with Crippen molar-refractivity contribution in [3.05, 3.63) is 52.8 Å². The number of nitrogens with zero attached hydrogens (tertiary/aromatic N) is 1. The second kappa shape index (κ2) is 10.1. The number of urea groups is 1. The van der Waals surface area contributed by atoms with Crippen LogP contribution >= 0.6 is 0 Å². The smallest absolute Gasteiger partial charge is 0.319 e. The predicted molar refractivity (Wildman–Crippen MR) is 115 cm³/mol. The topological polar surface area (TPSA) is 63.1 Å². The monoisotopic (exact) mass is 381 g/mol. The lowest BCUT2D eigenvalue weighted by atomic mass is 9.96. The second-order valence-electron chi connectivity index (χ2n) is 7.64. The third-order valence-corrected chi connectivity index (χ3v) is 5.39. The molecule has 1 saturated carbocycles. The molecule has 0 unspecified atom stereocenters. The van der Waals surface area contributed by atoms with Crippen molar-refractivity contribution < 1.29 is 4.79 Å². The summed E-state index contributed by atoms with van der Waals surface area (Å²) in [6.45, 7) is 2.99. The van der Waals surface area contributed by atoms with Gasteiger partial charge in [0.25, 0.3) is 0 Å². The number of nitrogens with one attached hydrogen (secondary N) is 2. The average molecular weight is 382 g/mol. The van der Waals surface area contributed by atoms with Crippen molar-refractivity contribution in [2.75, 3.05) is 5.32 Å². The molecule has 2 aromatic rings. The van der Waals surface area contributed by atoms with Crippen LogP contribution in [0, 0.1) is 0 Å². The van der Waals surface area contributed by atoms with E-state index in [-0.39, 0.29) is 17.5 Å². The van der Waals surface area contributed by atoms with E-state index in [9.17, 15) is 9.59 Å². The molecule has 1 fully saturated rings. The van der Waals surface area contributed by atoms with E-state index in [1.807, 2.05) is 30.3 Å². The van der Waals surface area contributed by atoms with Crippen LogP contribution in [0.2, 0.25) is 0 Å². The van der Waals surface area contributed by atoms with Crippen LogP contribution in [0.15, 0.2) is 47.4 Å². The van der Waals surface area contributed by atoms with Crippen molar-refractivity contribution in [3.8, 4) is 11.3 Å². The van der Waals surface area contributed by atoms with Gasteiger partial charge >= 0.3 is 6.03 Å². The van der Waals surface area contributed by atoms with Crippen molar-refractivity contribution in [1.82, 2.24) is 9.88 Å². The van der Waals surface area contributed by atoms with Gasteiger partial charge in [0, 0.05) is 24.8 Å². The van der Waals surface area contributed by atoms with Gasteiger partial charge in [-0.3, -0.25) is 4.79 Å². The van der Waals surface area contributed by atoms with Crippen LogP contribution in [0.1, 0.15) is 58.3 Å². The zero-order valence-electron chi connectivity index (χ0n) is 16.7. The van der Waals surface area contributed by atoms with Gasteiger partial charge in [0.15, 0.2) is 0 Å². The van der Waals surface area contributed by atoms with E-state index in [1.54, 1.807) is 12.3 Å². The number of unbranched alkanes of at least 4 members (excludes halogenated alkanes) is 2. The minimum atomic E-state index is -0.281. The summed E-state index contributed by atoms with van der Waals surface area (Å²) in [5, 5.41) is 5.80. The third-order valence-electron chi connectivity index (χ3n) is 5.39. The Balaban J connectivity index is 1.79. The third kappa shape index (κ3) is 5.47. The van der Waals surface area contributed by atoms with E-state index < -0.39 is 0 Å². The van der Waals surface area contributed by atoms with Gasteiger partial charge in [0.2, 0.25) is 5.43 Å². The molecular weight excluding hydrogens is 350 g/mol. The molecule has 1 aromatic heterocycles. The molecule has 0 bridgehead atoms. The maximum absolute atomic E-state index is 12.7. The van der Waals surface area contributed by atoms with E-state index in [0.717, 1.165) is 62.7 Å². The molecule has 0 saturated heterocycles. The number of hydrogen-bond acceptors (Lipinski definition) is 2. The number of pyridine rings is 1. The second-order valence-corrected chi connectivity index (χ2v) is 7.64. The molecule has 1 heterocycles. The number of hydrogen-bond donors (Lipinski definition) is 2. The Morgan fingerprint density at radius 3 is 2.57 bits per heavy atom. The fraction of sp³-hybridized carbons (Fsp3) is 0.478. The van der Waals surface area contributed by atoms with Crippen LogP contribution in [0.3, 0.4) is 0 Å². The fourth-order valence-electron chi connectivity index (χ4n) is 3.83. The number of benzene rings is 1. The van der Waals surface area contributed by atoms with Crippen molar-refractivity contribution >= 4 is 11.7 Å². The van der Waals surface area contributed by atoms with Gasteiger partial charge in [-0.25, -0.2) is 4.79 Å². The van der Waals surface area contributed by atoms with Crippen LogP contribution in [-0.4, -0.2) is 16.6 Å². The maximum atomic E-state index is 12.7. The van der Waals surface area contributed by atoms with Crippen molar-refractivity contribution in [3.63, 3.8) is 0 Å². The molecule has 0 aliphatic heterocycles. The SMILES string of the molecule is CCCCCn1cc(NC(=O)NC2CCCCC2)c(=O)cc1-c1ccccc1. The molecule has 2 N–H and O–H groups in total. The highest BCUT2D eigenvalue weighted by molar-refractivity contribution is 5.89. The molecule has 5 nitrogen and oxygen atoms in total. The zero-order valence-corrected chi connectivity index (χ0v) is 16.7. The number of aromatic nitrogens is 1. The van der Waals surface area contributed by atoms with Gasteiger partial charge < -0.3 is 15.2 Å². The fourth-order valence-corrected chi connectivity index (χ4v) is 3.83. The molecule has 28 heavy (non-hydrogen) atoms. The highest BCUT2D eigenvalue weighted by Gasteiger charge is 2.17. The summed E-state index contributed by atoms with van der Waals surface area (Å²) in [4.78, 5) is 25.1. The number of rotatable bonds is 7. The van der Waals surface area contributed by atoms with Crippen LogP contribution in [0.5, 0.6) is 0 Å². The number of carbonyl (C=O) groups is 1. The molecule has 2 amide bonds. The van der Waals surface area contributed by atoms with Crippen molar-refractivity contribution in [2.24, 2.45) is 0 Å². The summed E-state index contributed by atoms with van der Waals surface area (Å²) in [6.07, 6.45) is 10.7. The van der Waals surface area contributed by atoms with E-state index in [1.165, 1.54) is 6.42 Å². The average Bonchev–Trinajstić information content (AvgIpc) is 2.71. The highest BCUT2D eigenvalue weighted by atomic mass is 16.2. The van der Waals surface area contributed by atoms with Crippen LogP contribution in [0.4, 0.5) is 10.5 Å². The summed E-state index contributed by atoms with van der Waals surface area (Å²) >= 11 is 0. The van der Waals surface area contributed by atoms with Gasteiger partial charge in [-0.2, -0.15) is 0 Å². The van der Waals surface area contributed by atoms with E-state index in [2.05, 4.69) is 22.1 Å². The Morgan fingerprint density at radius 1 is 1.11 bits per heavy atom. The lowest BCUT2D eigenvalue weighted by Crippen LogP contribution is -2.39. The molecule has 1 aromatic carbocycles. The Hall–Kier alpha value is -2.56.